The molecule has 1 aliphatic rings. The number of esters is 1. The van der Waals surface area contributed by atoms with Crippen LogP contribution in [0.2, 0.25) is 5.02 Å². The van der Waals surface area contributed by atoms with Crippen molar-refractivity contribution in [2.75, 3.05) is 14.2 Å². The van der Waals surface area contributed by atoms with E-state index in [1.165, 1.54) is 46.2 Å². The van der Waals surface area contributed by atoms with E-state index in [2.05, 4.69) is 11.8 Å². The smallest absolute Gasteiger partial charge is 0.341 e. The molecule has 0 aliphatic heterocycles. The highest BCUT2D eigenvalue weighted by molar-refractivity contribution is 6.31. The first-order valence-electron chi connectivity index (χ1n) is 7.75. The zero-order chi connectivity index (χ0) is 16.7. The second-order valence-corrected chi connectivity index (χ2v) is 6.04. The molecule has 0 radical (unpaired) electrons. The number of carbonyl (C=O) groups is 1. The lowest BCUT2D eigenvalue weighted by atomic mass is 9.99. The Bertz CT molecular complexity index is 646. The lowest BCUT2D eigenvalue weighted by Crippen LogP contribution is -2.06. The van der Waals surface area contributed by atoms with E-state index in [1.807, 2.05) is 0 Å². The van der Waals surface area contributed by atoms with Crippen LogP contribution in [0.3, 0.4) is 0 Å². The molecular formula is C19H21ClO3. The summed E-state index contributed by atoms with van der Waals surface area (Å²) in [6, 6.07) is 5.26. The molecule has 0 saturated heterocycles. The van der Waals surface area contributed by atoms with Crippen LogP contribution in [0, 0.1) is 17.8 Å². The Morgan fingerprint density at radius 3 is 2.74 bits per heavy atom. The van der Waals surface area contributed by atoms with Gasteiger partial charge in [-0.05, 0) is 30.9 Å². The van der Waals surface area contributed by atoms with Gasteiger partial charge in [-0.1, -0.05) is 42.3 Å². The van der Waals surface area contributed by atoms with E-state index in [1.54, 1.807) is 18.2 Å². The minimum Gasteiger partial charge on any atom is -0.503 e. The molecule has 4 heteroatoms. The molecule has 1 aromatic carbocycles. The number of ether oxygens (including phenoxy) is 2. The van der Waals surface area contributed by atoms with Gasteiger partial charge >= 0.3 is 5.97 Å². The first-order valence-corrected chi connectivity index (χ1v) is 8.13. The van der Waals surface area contributed by atoms with Gasteiger partial charge < -0.3 is 9.47 Å². The summed E-state index contributed by atoms with van der Waals surface area (Å²) in [4.78, 5) is 12.0. The largest absolute Gasteiger partial charge is 0.503 e. The third kappa shape index (κ3) is 4.77. The summed E-state index contributed by atoms with van der Waals surface area (Å²) in [7, 11) is 2.83. The zero-order valence-corrected chi connectivity index (χ0v) is 14.3. The predicted octanol–water partition coefficient (Wildman–Crippen LogP) is 4.43. The van der Waals surface area contributed by atoms with E-state index >= 15 is 0 Å². The number of rotatable bonds is 4. The van der Waals surface area contributed by atoms with Crippen LogP contribution in [-0.2, 0) is 14.3 Å². The van der Waals surface area contributed by atoms with Crippen molar-refractivity contribution < 1.29 is 14.3 Å². The van der Waals surface area contributed by atoms with Crippen LogP contribution in [0.15, 0.2) is 24.5 Å². The van der Waals surface area contributed by atoms with Gasteiger partial charge in [0.05, 0.1) is 20.5 Å². The van der Waals surface area contributed by atoms with E-state index in [-0.39, 0.29) is 0 Å². The SMILES string of the molecule is CO/C=C(/C(=O)OC)c1ccc(Cl)cc1C#CCC1CCCC1. The third-order valence-electron chi connectivity index (χ3n) is 4.00. The maximum Gasteiger partial charge on any atom is 0.341 e. The van der Waals surface area contributed by atoms with Crippen molar-refractivity contribution in [2.45, 2.75) is 32.1 Å². The molecule has 1 aromatic rings. The molecule has 0 bridgehead atoms. The van der Waals surface area contributed by atoms with Crippen LogP contribution in [0.25, 0.3) is 5.57 Å². The molecule has 0 atom stereocenters. The van der Waals surface area contributed by atoms with E-state index in [0.717, 1.165) is 6.42 Å². The van der Waals surface area contributed by atoms with Crippen molar-refractivity contribution >= 4 is 23.1 Å². The lowest BCUT2D eigenvalue weighted by Gasteiger charge is -2.08. The van der Waals surface area contributed by atoms with E-state index < -0.39 is 5.97 Å². The van der Waals surface area contributed by atoms with Crippen molar-refractivity contribution in [1.29, 1.82) is 0 Å². The third-order valence-corrected chi connectivity index (χ3v) is 4.24. The quantitative estimate of drug-likeness (QED) is 0.354. The highest BCUT2D eigenvalue weighted by Gasteiger charge is 2.17. The first-order chi connectivity index (χ1) is 11.2. The molecule has 23 heavy (non-hydrogen) atoms. The minimum atomic E-state index is -0.465. The molecule has 122 valence electrons. The normalized spacial score (nSPS) is 15.0. The van der Waals surface area contributed by atoms with Crippen molar-refractivity contribution in [1.82, 2.24) is 0 Å². The number of hydrogen-bond donors (Lipinski definition) is 0. The molecule has 3 nitrogen and oxygen atoms in total. The lowest BCUT2D eigenvalue weighted by molar-refractivity contribution is -0.133. The molecule has 0 spiro atoms. The van der Waals surface area contributed by atoms with Gasteiger partial charge in [0.25, 0.3) is 0 Å². The molecule has 0 amide bonds. The predicted molar refractivity (Wildman–Crippen MR) is 91.9 cm³/mol. The molecule has 0 aromatic heterocycles. The Morgan fingerprint density at radius 2 is 2.09 bits per heavy atom. The van der Waals surface area contributed by atoms with E-state index in [9.17, 15) is 4.79 Å². The van der Waals surface area contributed by atoms with E-state index in [0.29, 0.717) is 27.6 Å². The standard InChI is InChI=1S/C19H21ClO3/c1-22-13-18(19(21)23-2)17-11-10-16(20)12-15(17)9-5-8-14-6-3-4-7-14/h10-14H,3-4,6-8H2,1-2H3/b18-13+. The molecule has 2 rings (SSSR count). The summed E-state index contributed by atoms with van der Waals surface area (Å²) in [6.07, 6.45) is 7.38. The second-order valence-electron chi connectivity index (χ2n) is 5.61. The maximum absolute atomic E-state index is 12.0. The van der Waals surface area contributed by atoms with Gasteiger partial charge in [0.1, 0.15) is 5.57 Å². The number of benzene rings is 1. The van der Waals surface area contributed by atoms with Crippen molar-refractivity contribution in [2.24, 2.45) is 5.92 Å². The van der Waals surface area contributed by atoms with Gasteiger partial charge in [-0.3, -0.25) is 0 Å². The molecule has 1 aliphatic carbocycles. The van der Waals surface area contributed by atoms with Gasteiger partial charge in [-0.15, -0.1) is 0 Å². The maximum atomic E-state index is 12.0. The van der Waals surface area contributed by atoms with Crippen LogP contribution in [0.4, 0.5) is 0 Å². The van der Waals surface area contributed by atoms with Crippen molar-refractivity contribution in [3.05, 3.63) is 40.6 Å². The van der Waals surface area contributed by atoms with Gasteiger partial charge in [0, 0.05) is 22.6 Å². The number of halogens is 1. The Hall–Kier alpha value is -1.92. The Balaban J connectivity index is 2.30. The van der Waals surface area contributed by atoms with Crippen LogP contribution in [0.5, 0.6) is 0 Å². The molecule has 0 unspecified atom stereocenters. The summed E-state index contributed by atoms with van der Waals surface area (Å²) >= 11 is 6.08. The highest BCUT2D eigenvalue weighted by Crippen LogP contribution is 2.27. The summed E-state index contributed by atoms with van der Waals surface area (Å²) in [5, 5.41) is 0.584. The van der Waals surface area contributed by atoms with Crippen molar-refractivity contribution in [3.63, 3.8) is 0 Å². The summed E-state index contributed by atoms with van der Waals surface area (Å²) < 4.78 is 9.83. The number of hydrogen-bond acceptors (Lipinski definition) is 3. The Labute approximate surface area is 142 Å². The summed E-state index contributed by atoms with van der Waals surface area (Å²) in [5.41, 5.74) is 1.71. The van der Waals surface area contributed by atoms with Crippen LogP contribution >= 0.6 is 11.6 Å². The second kappa shape index (κ2) is 8.64. The minimum absolute atomic E-state index is 0.330. The van der Waals surface area contributed by atoms with Gasteiger partial charge in [-0.2, -0.15) is 0 Å². The highest BCUT2D eigenvalue weighted by atomic mass is 35.5. The molecule has 0 heterocycles. The molecule has 1 fully saturated rings. The average Bonchev–Trinajstić information content (AvgIpc) is 3.06. The summed E-state index contributed by atoms with van der Waals surface area (Å²) in [6.45, 7) is 0. The number of methoxy groups -OCH3 is 2. The summed E-state index contributed by atoms with van der Waals surface area (Å²) in [5.74, 6) is 6.63. The van der Waals surface area contributed by atoms with Crippen molar-refractivity contribution in [3.8, 4) is 11.8 Å². The van der Waals surface area contributed by atoms with Crippen LogP contribution in [0.1, 0.15) is 43.2 Å². The zero-order valence-electron chi connectivity index (χ0n) is 13.5. The van der Waals surface area contributed by atoms with Gasteiger partial charge in [0.15, 0.2) is 0 Å². The first kappa shape index (κ1) is 17.4. The molecule has 0 N–H and O–H groups in total. The molecule has 1 saturated carbocycles. The van der Waals surface area contributed by atoms with Gasteiger partial charge in [0.2, 0.25) is 0 Å². The van der Waals surface area contributed by atoms with Gasteiger partial charge in [-0.25, -0.2) is 4.79 Å². The van der Waals surface area contributed by atoms with Crippen LogP contribution in [-0.4, -0.2) is 20.2 Å². The Morgan fingerprint density at radius 1 is 1.35 bits per heavy atom. The monoisotopic (exact) mass is 332 g/mol. The fraction of sp³-hybridized carbons (Fsp3) is 0.421. The van der Waals surface area contributed by atoms with E-state index in [4.69, 9.17) is 21.1 Å². The fourth-order valence-corrected chi connectivity index (χ4v) is 2.98. The average molecular weight is 333 g/mol. The fourth-order valence-electron chi connectivity index (χ4n) is 2.81. The Kier molecular flexibility index (Phi) is 6.55. The number of carbonyl (C=O) groups excluding carboxylic acids is 1. The molecular weight excluding hydrogens is 312 g/mol. The topological polar surface area (TPSA) is 35.5 Å². The van der Waals surface area contributed by atoms with Crippen LogP contribution < -0.4 is 0 Å².